The Hall–Kier alpha value is -1.63. The molecule has 112 valence electrons. The third kappa shape index (κ3) is 5.16. The molecule has 0 aliphatic rings. The molecule has 0 aromatic heterocycles. The largest absolute Gasteiger partial charge is 0.370 e. The van der Waals surface area contributed by atoms with Crippen LogP contribution in [-0.4, -0.2) is 33.2 Å². The molecule has 0 fully saturated rings. The summed E-state index contributed by atoms with van der Waals surface area (Å²) in [5.74, 6) is -0.767. The molecular weight excluding hydrogens is 281 g/mol. The van der Waals surface area contributed by atoms with Crippen LogP contribution in [0.3, 0.4) is 0 Å². The summed E-state index contributed by atoms with van der Waals surface area (Å²) in [6, 6.07) is 5.32. The summed E-state index contributed by atoms with van der Waals surface area (Å²) in [7, 11) is -3.66. The van der Waals surface area contributed by atoms with Gasteiger partial charge in [-0.25, -0.2) is 12.8 Å². The van der Waals surface area contributed by atoms with Gasteiger partial charge in [0.1, 0.15) is 10.7 Å². The first-order valence-corrected chi connectivity index (χ1v) is 8.13. The molecule has 0 unspecified atom stereocenters. The van der Waals surface area contributed by atoms with Gasteiger partial charge in [-0.2, -0.15) is 0 Å². The Morgan fingerprint density at radius 2 is 2.10 bits per heavy atom. The van der Waals surface area contributed by atoms with Gasteiger partial charge in [0.15, 0.2) is 15.8 Å². The molecular formula is C13H20FN3O2S. The van der Waals surface area contributed by atoms with Gasteiger partial charge in [0, 0.05) is 13.1 Å². The second-order valence-electron chi connectivity index (χ2n) is 4.30. The van der Waals surface area contributed by atoms with Crippen LogP contribution in [0.1, 0.15) is 19.8 Å². The highest BCUT2D eigenvalue weighted by Gasteiger charge is 2.18. The third-order valence-electron chi connectivity index (χ3n) is 2.64. The number of aliphatic imine (C=N–C) groups is 1. The van der Waals surface area contributed by atoms with Crippen molar-refractivity contribution < 1.29 is 12.8 Å². The molecule has 3 N–H and O–H groups in total. The summed E-state index contributed by atoms with van der Waals surface area (Å²) in [6.07, 6.45) is 1.94. The molecule has 5 nitrogen and oxygen atoms in total. The average molecular weight is 301 g/mol. The number of rotatable bonds is 7. The summed E-state index contributed by atoms with van der Waals surface area (Å²) in [5.41, 5.74) is 5.58. The topological polar surface area (TPSA) is 84.5 Å². The van der Waals surface area contributed by atoms with Crippen molar-refractivity contribution >= 4 is 15.8 Å². The smallest absolute Gasteiger partial charge is 0.188 e. The van der Waals surface area contributed by atoms with E-state index in [9.17, 15) is 12.8 Å². The summed E-state index contributed by atoms with van der Waals surface area (Å²) in [4.78, 5) is 3.75. The van der Waals surface area contributed by atoms with E-state index in [2.05, 4.69) is 10.3 Å². The molecule has 20 heavy (non-hydrogen) atoms. The number of sulfone groups is 1. The van der Waals surface area contributed by atoms with Crippen molar-refractivity contribution in [3.05, 3.63) is 30.1 Å². The normalized spacial score (nSPS) is 12.4. The van der Waals surface area contributed by atoms with Crippen LogP contribution in [0.5, 0.6) is 0 Å². The lowest BCUT2D eigenvalue weighted by atomic mass is 10.3. The number of guanidine groups is 1. The SMILES string of the molecule is CCCCN=C(N)NCCS(=O)(=O)c1ccccc1F. The van der Waals surface area contributed by atoms with Crippen molar-refractivity contribution in [3.8, 4) is 0 Å². The first-order chi connectivity index (χ1) is 9.47. The first-order valence-electron chi connectivity index (χ1n) is 6.48. The number of nitrogens with one attached hydrogen (secondary N) is 1. The number of halogens is 1. The van der Waals surface area contributed by atoms with Gasteiger partial charge < -0.3 is 11.1 Å². The highest BCUT2D eigenvalue weighted by Crippen LogP contribution is 2.14. The van der Waals surface area contributed by atoms with Crippen LogP contribution in [0.4, 0.5) is 4.39 Å². The zero-order valence-corrected chi connectivity index (χ0v) is 12.3. The molecule has 0 heterocycles. The van der Waals surface area contributed by atoms with Gasteiger partial charge in [-0.15, -0.1) is 0 Å². The Labute approximate surface area is 119 Å². The maximum Gasteiger partial charge on any atom is 0.188 e. The fraction of sp³-hybridized carbons (Fsp3) is 0.462. The minimum atomic E-state index is -3.66. The van der Waals surface area contributed by atoms with Crippen LogP contribution in [0.15, 0.2) is 34.2 Å². The van der Waals surface area contributed by atoms with Crippen molar-refractivity contribution in [1.82, 2.24) is 5.32 Å². The van der Waals surface area contributed by atoms with Crippen LogP contribution in [-0.2, 0) is 9.84 Å². The molecule has 0 aliphatic heterocycles. The minimum Gasteiger partial charge on any atom is -0.370 e. The van der Waals surface area contributed by atoms with E-state index in [1.54, 1.807) is 0 Å². The molecule has 7 heteroatoms. The predicted molar refractivity (Wildman–Crippen MR) is 77.9 cm³/mol. The molecule has 0 saturated carbocycles. The van der Waals surface area contributed by atoms with Gasteiger partial charge in [-0.1, -0.05) is 25.5 Å². The number of nitrogens with two attached hydrogens (primary N) is 1. The molecule has 1 rings (SSSR count). The van der Waals surface area contributed by atoms with E-state index >= 15 is 0 Å². The van der Waals surface area contributed by atoms with E-state index < -0.39 is 15.7 Å². The van der Waals surface area contributed by atoms with Crippen molar-refractivity contribution in [2.75, 3.05) is 18.8 Å². The molecule has 0 spiro atoms. The van der Waals surface area contributed by atoms with Crippen molar-refractivity contribution in [1.29, 1.82) is 0 Å². The number of unbranched alkanes of at least 4 members (excludes halogenated alkanes) is 1. The van der Waals surface area contributed by atoms with Gasteiger partial charge >= 0.3 is 0 Å². The quantitative estimate of drug-likeness (QED) is 0.452. The summed E-state index contributed by atoms with van der Waals surface area (Å²) < 4.78 is 37.3. The molecule has 0 bridgehead atoms. The van der Waals surface area contributed by atoms with Crippen LogP contribution in [0, 0.1) is 5.82 Å². The number of nitrogens with zero attached hydrogens (tertiary/aromatic N) is 1. The molecule has 0 saturated heterocycles. The number of hydrogen-bond donors (Lipinski definition) is 2. The minimum absolute atomic E-state index is 0.0954. The maximum atomic E-state index is 13.4. The van der Waals surface area contributed by atoms with Crippen LogP contribution in [0.25, 0.3) is 0 Å². The van der Waals surface area contributed by atoms with E-state index in [0.717, 1.165) is 18.9 Å². The Bertz CT molecular complexity index is 558. The molecule has 0 atom stereocenters. The van der Waals surface area contributed by atoms with Gasteiger partial charge in [-0.05, 0) is 18.6 Å². The fourth-order valence-electron chi connectivity index (χ4n) is 1.53. The standard InChI is InChI=1S/C13H20FN3O2S/c1-2-3-8-16-13(15)17-9-10-20(18,19)12-7-5-4-6-11(12)14/h4-7H,2-3,8-10H2,1H3,(H3,15,16,17). The highest BCUT2D eigenvalue weighted by atomic mass is 32.2. The maximum absolute atomic E-state index is 13.4. The highest BCUT2D eigenvalue weighted by molar-refractivity contribution is 7.91. The Morgan fingerprint density at radius 1 is 1.40 bits per heavy atom. The lowest BCUT2D eigenvalue weighted by Crippen LogP contribution is -2.35. The average Bonchev–Trinajstić information content (AvgIpc) is 2.39. The monoisotopic (exact) mass is 301 g/mol. The number of benzene rings is 1. The molecule has 0 amide bonds. The second kappa shape index (κ2) is 7.84. The van der Waals surface area contributed by atoms with Crippen LogP contribution in [0.2, 0.25) is 0 Å². The van der Waals surface area contributed by atoms with E-state index in [1.807, 2.05) is 6.92 Å². The van der Waals surface area contributed by atoms with Crippen LogP contribution >= 0.6 is 0 Å². The number of hydrogen-bond acceptors (Lipinski definition) is 3. The van der Waals surface area contributed by atoms with Crippen molar-refractivity contribution in [2.24, 2.45) is 10.7 Å². The molecule has 1 aromatic rings. The van der Waals surface area contributed by atoms with Gasteiger partial charge in [0.25, 0.3) is 0 Å². The van der Waals surface area contributed by atoms with Crippen molar-refractivity contribution in [3.63, 3.8) is 0 Å². The second-order valence-corrected chi connectivity index (χ2v) is 6.37. The molecule has 1 aromatic carbocycles. The van der Waals surface area contributed by atoms with Gasteiger partial charge in [0.2, 0.25) is 0 Å². The Morgan fingerprint density at radius 3 is 2.75 bits per heavy atom. The van der Waals surface area contributed by atoms with Crippen LogP contribution < -0.4 is 11.1 Å². The zero-order chi connectivity index (χ0) is 15.0. The van der Waals surface area contributed by atoms with Crippen molar-refractivity contribution in [2.45, 2.75) is 24.7 Å². The zero-order valence-electron chi connectivity index (χ0n) is 11.5. The summed E-state index contributed by atoms with van der Waals surface area (Å²) >= 11 is 0. The van der Waals surface area contributed by atoms with E-state index in [1.165, 1.54) is 18.2 Å². The van der Waals surface area contributed by atoms with E-state index in [-0.39, 0.29) is 23.2 Å². The Kier molecular flexibility index (Phi) is 6.44. The third-order valence-corrected chi connectivity index (χ3v) is 4.39. The first kappa shape index (κ1) is 16.4. The van der Waals surface area contributed by atoms with E-state index in [0.29, 0.717) is 6.54 Å². The fourth-order valence-corrected chi connectivity index (χ4v) is 2.78. The molecule has 0 radical (unpaired) electrons. The molecule has 0 aliphatic carbocycles. The van der Waals surface area contributed by atoms with Gasteiger partial charge in [-0.3, -0.25) is 4.99 Å². The van der Waals surface area contributed by atoms with E-state index in [4.69, 9.17) is 5.73 Å². The van der Waals surface area contributed by atoms with Gasteiger partial charge in [0.05, 0.1) is 5.75 Å². The lowest BCUT2D eigenvalue weighted by Gasteiger charge is -2.07. The predicted octanol–water partition coefficient (Wildman–Crippen LogP) is 1.30. The lowest BCUT2D eigenvalue weighted by molar-refractivity contribution is 0.566. The summed E-state index contributed by atoms with van der Waals surface area (Å²) in [5, 5.41) is 2.71. The Balaban J connectivity index is 2.53. The summed E-state index contributed by atoms with van der Waals surface area (Å²) in [6.45, 7) is 2.74.